The highest BCUT2D eigenvalue weighted by molar-refractivity contribution is 5.84. The van der Waals surface area contributed by atoms with Crippen LogP contribution in [0.4, 0.5) is 0 Å². The summed E-state index contributed by atoms with van der Waals surface area (Å²) < 4.78 is 0. The molecule has 0 aliphatic carbocycles. The quantitative estimate of drug-likeness (QED) is 0.585. The number of aliphatic imine (C=N–C) groups is 1. The standard InChI is InChI=1S/C17H26N4/c1-12(2)11-20-17(18-4)19-10-9-14-13(3)21-16-8-6-5-7-15(14)16/h5-8,12,21H,9-11H2,1-4H3,(H2,18,19,20). The third kappa shape index (κ3) is 4.00. The highest BCUT2D eigenvalue weighted by atomic mass is 15.2. The number of hydrogen-bond acceptors (Lipinski definition) is 1. The predicted octanol–water partition coefficient (Wildman–Crippen LogP) is 2.84. The molecule has 1 aromatic heterocycles. The van der Waals surface area contributed by atoms with Gasteiger partial charge in [0.25, 0.3) is 0 Å². The summed E-state index contributed by atoms with van der Waals surface area (Å²) in [5.41, 5.74) is 3.85. The number of para-hydroxylation sites is 1. The van der Waals surface area contributed by atoms with E-state index < -0.39 is 0 Å². The van der Waals surface area contributed by atoms with Crippen molar-refractivity contribution < 1.29 is 0 Å². The average molecular weight is 286 g/mol. The molecule has 0 unspecified atom stereocenters. The number of benzene rings is 1. The van der Waals surface area contributed by atoms with Gasteiger partial charge in [-0.25, -0.2) is 0 Å². The van der Waals surface area contributed by atoms with Crippen molar-refractivity contribution in [3.63, 3.8) is 0 Å². The van der Waals surface area contributed by atoms with Crippen LogP contribution in [0, 0.1) is 12.8 Å². The molecule has 2 rings (SSSR count). The number of guanidine groups is 1. The summed E-state index contributed by atoms with van der Waals surface area (Å²) in [5.74, 6) is 1.49. The van der Waals surface area contributed by atoms with Gasteiger partial charge in [-0.3, -0.25) is 4.99 Å². The Bertz CT molecular complexity index is 610. The van der Waals surface area contributed by atoms with Crippen molar-refractivity contribution >= 4 is 16.9 Å². The maximum absolute atomic E-state index is 4.25. The van der Waals surface area contributed by atoms with E-state index in [4.69, 9.17) is 0 Å². The number of rotatable bonds is 5. The van der Waals surface area contributed by atoms with Crippen LogP contribution in [0.5, 0.6) is 0 Å². The van der Waals surface area contributed by atoms with Gasteiger partial charge in [0.2, 0.25) is 0 Å². The van der Waals surface area contributed by atoms with Crippen LogP contribution < -0.4 is 10.6 Å². The lowest BCUT2D eigenvalue weighted by Gasteiger charge is -2.13. The number of nitrogens with zero attached hydrogens (tertiary/aromatic N) is 1. The van der Waals surface area contributed by atoms with Gasteiger partial charge in [0, 0.05) is 36.7 Å². The molecule has 0 aliphatic heterocycles. The zero-order chi connectivity index (χ0) is 15.2. The molecule has 3 N–H and O–H groups in total. The van der Waals surface area contributed by atoms with Crippen molar-refractivity contribution in [1.29, 1.82) is 0 Å². The van der Waals surface area contributed by atoms with E-state index in [2.05, 4.69) is 65.6 Å². The molecule has 1 heterocycles. The zero-order valence-electron chi connectivity index (χ0n) is 13.5. The first-order chi connectivity index (χ1) is 10.1. The van der Waals surface area contributed by atoms with Crippen LogP contribution in [-0.4, -0.2) is 31.1 Å². The van der Waals surface area contributed by atoms with Crippen molar-refractivity contribution in [1.82, 2.24) is 15.6 Å². The molecule has 0 radical (unpaired) electrons. The lowest BCUT2D eigenvalue weighted by atomic mass is 10.1. The summed E-state index contributed by atoms with van der Waals surface area (Å²) in [7, 11) is 1.81. The molecule has 0 amide bonds. The topological polar surface area (TPSA) is 52.2 Å². The van der Waals surface area contributed by atoms with E-state index in [0.717, 1.165) is 25.5 Å². The van der Waals surface area contributed by atoms with E-state index in [1.807, 2.05) is 7.05 Å². The number of fused-ring (bicyclic) bond motifs is 1. The van der Waals surface area contributed by atoms with Crippen LogP contribution in [0.2, 0.25) is 0 Å². The largest absolute Gasteiger partial charge is 0.358 e. The molecular formula is C17H26N4. The Morgan fingerprint density at radius 1 is 1.24 bits per heavy atom. The second-order valence-electron chi connectivity index (χ2n) is 5.80. The van der Waals surface area contributed by atoms with Crippen LogP contribution in [0.15, 0.2) is 29.3 Å². The van der Waals surface area contributed by atoms with Crippen molar-refractivity contribution in [2.45, 2.75) is 27.2 Å². The molecule has 1 aromatic carbocycles. The molecule has 0 fully saturated rings. The minimum Gasteiger partial charge on any atom is -0.358 e. The van der Waals surface area contributed by atoms with E-state index in [9.17, 15) is 0 Å². The minimum atomic E-state index is 0.611. The fourth-order valence-corrected chi connectivity index (χ4v) is 2.48. The van der Waals surface area contributed by atoms with E-state index >= 15 is 0 Å². The molecule has 0 atom stereocenters. The van der Waals surface area contributed by atoms with Gasteiger partial charge in [-0.05, 0) is 30.9 Å². The van der Waals surface area contributed by atoms with Gasteiger partial charge in [-0.1, -0.05) is 32.0 Å². The fourth-order valence-electron chi connectivity index (χ4n) is 2.48. The normalized spacial score (nSPS) is 12.1. The van der Waals surface area contributed by atoms with Gasteiger partial charge in [0.05, 0.1) is 0 Å². The summed E-state index contributed by atoms with van der Waals surface area (Å²) in [6, 6.07) is 8.47. The molecule has 2 aromatic rings. The number of nitrogens with one attached hydrogen (secondary N) is 3. The number of hydrogen-bond donors (Lipinski definition) is 3. The summed E-state index contributed by atoms with van der Waals surface area (Å²) >= 11 is 0. The molecule has 4 heteroatoms. The van der Waals surface area contributed by atoms with Crippen LogP contribution in [0.25, 0.3) is 10.9 Å². The van der Waals surface area contributed by atoms with Gasteiger partial charge in [-0.15, -0.1) is 0 Å². The SMILES string of the molecule is CN=C(NCCc1c(C)[nH]c2ccccc12)NCC(C)C. The number of aryl methyl sites for hydroxylation is 1. The maximum atomic E-state index is 4.25. The van der Waals surface area contributed by atoms with Crippen LogP contribution in [0.3, 0.4) is 0 Å². The Morgan fingerprint density at radius 3 is 2.71 bits per heavy atom. The van der Waals surface area contributed by atoms with Crippen LogP contribution in [-0.2, 0) is 6.42 Å². The Hall–Kier alpha value is -1.97. The first-order valence-electron chi connectivity index (χ1n) is 7.62. The highest BCUT2D eigenvalue weighted by Crippen LogP contribution is 2.21. The van der Waals surface area contributed by atoms with Crippen LogP contribution in [0.1, 0.15) is 25.1 Å². The molecular weight excluding hydrogens is 260 g/mol. The van der Waals surface area contributed by atoms with Gasteiger partial charge in [0.1, 0.15) is 0 Å². The molecule has 21 heavy (non-hydrogen) atoms. The molecule has 114 valence electrons. The van der Waals surface area contributed by atoms with Crippen molar-refractivity contribution in [3.8, 4) is 0 Å². The Labute approximate surface area is 127 Å². The molecule has 0 saturated carbocycles. The van der Waals surface area contributed by atoms with Gasteiger partial charge in [0.15, 0.2) is 5.96 Å². The first kappa shape index (κ1) is 15.4. The molecule has 4 nitrogen and oxygen atoms in total. The van der Waals surface area contributed by atoms with Gasteiger partial charge in [-0.2, -0.15) is 0 Å². The fraction of sp³-hybridized carbons (Fsp3) is 0.471. The lowest BCUT2D eigenvalue weighted by Crippen LogP contribution is -2.39. The monoisotopic (exact) mass is 286 g/mol. The Kier molecular flexibility index (Phi) is 5.26. The lowest BCUT2D eigenvalue weighted by molar-refractivity contribution is 0.614. The summed E-state index contributed by atoms with van der Waals surface area (Å²) in [6.45, 7) is 8.33. The second kappa shape index (κ2) is 7.16. The second-order valence-corrected chi connectivity index (χ2v) is 5.80. The number of aromatic nitrogens is 1. The van der Waals surface area contributed by atoms with Crippen molar-refractivity contribution in [2.24, 2.45) is 10.9 Å². The third-order valence-corrected chi connectivity index (χ3v) is 3.60. The van der Waals surface area contributed by atoms with E-state index in [-0.39, 0.29) is 0 Å². The predicted molar refractivity (Wildman–Crippen MR) is 90.9 cm³/mol. The van der Waals surface area contributed by atoms with Crippen molar-refractivity contribution in [2.75, 3.05) is 20.1 Å². The summed E-state index contributed by atoms with van der Waals surface area (Å²) in [4.78, 5) is 7.70. The summed E-state index contributed by atoms with van der Waals surface area (Å²) in [6.07, 6.45) is 0.984. The van der Waals surface area contributed by atoms with E-state index in [0.29, 0.717) is 5.92 Å². The zero-order valence-corrected chi connectivity index (χ0v) is 13.5. The average Bonchev–Trinajstić information content (AvgIpc) is 2.78. The number of aromatic amines is 1. The van der Waals surface area contributed by atoms with E-state index in [1.165, 1.54) is 22.2 Å². The Morgan fingerprint density at radius 2 is 2.00 bits per heavy atom. The maximum Gasteiger partial charge on any atom is 0.190 e. The van der Waals surface area contributed by atoms with Crippen LogP contribution >= 0.6 is 0 Å². The summed E-state index contributed by atoms with van der Waals surface area (Å²) in [5, 5.41) is 8.03. The minimum absolute atomic E-state index is 0.611. The van der Waals surface area contributed by atoms with Gasteiger partial charge >= 0.3 is 0 Å². The molecule has 0 saturated heterocycles. The highest BCUT2D eigenvalue weighted by Gasteiger charge is 2.07. The molecule has 0 bridgehead atoms. The smallest absolute Gasteiger partial charge is 0.190 e. The van der Waals surface area contributed by atoms with E-state index in [1.54, 1.807) is 0 Å². The first-order valence-corrected chi connectivity index (χ1v) is 7.62. The van der Waals surface area contributed by atoms with Crippen molar-refractivity contribution in [3.05, 3.63) is 35.5 Å². The third-order valence-electron chi connectivity index (χ3n) is 3.60. The number of H-pyrrole nitrogens is 1. The molecule has 0 spiro atoms. The molecule has 0 aliphatic rings. The Balaban J connectivity index is 1.94. The van der Waals surface area contributed by atoms with Gasteiger partial charge < -0.3 is 15.6 Å².